The Kier molecular flexibility index (Phi) is 8.07. The number of thiazole rings is 1. The number of phenolic OH excluding ortho intramolecular Hbond substituents is 1. The summed E-state index contributed by atoms with van der Waals surface area (Å²) in [7, 11) is 2.13. The highest BCUT2D eigenvalue weighted by Gasteiger charge is 2.27. The molecule has 2 aromatic rings. The van der Waals surface area contributed by atoms with Gasteiger partial charge in [0.15, 0.2) is 0 Å². The van der Waals surface area contributed by atoms with Crippen LogP contribution in [-0.4, -0.2) is 28.6 Å². The molecule has 5 heteroatoms. The second-order valence-corrected chi connectivity index (χ2v) is 11.2. The SMILES string of the molecule is CN(CCCCCC#N)Cc1nc(-c2cc(C(C)(C)C)c(O)c(C(C)(C)C)c2)cs1. The van der Waals surface area contributed by atoms with Crippen molar-refractivity contribution in [3.05, 3.63) is 33.6 Å². The second kappa shape index (κ2) is 9.94. The summed E-state index contributed by atoms with van der Waals surface area (Å²) < 4.78 is 0. The van der Waals surface area contributed by atoms with Crippen molar-refractivity contribution in [3.63, 3.8) is 0 Å². The lowest BCUT2D eigenvalue weighted by Crippen LogP contribution is -2.19. The molecule has 0 spiro atoms. The van der Waals surface area contributed by atoms with Gasteiger partial charge in [-0.25, -0.2) is 4.98 Å². The first-order chi connectivity index (χ1) is 13.9. The van der Waals surface area contributed by atoms with Gasteiger partial charge in [0.25, 0.3) is 0 Å². The molecule has 4 nitrogen and oxygen atoms in total. The average molecular weight is 428 g/mol. The summed E-state index contributed by atoms with van der Waals surface area (Å²) in [6.45, 7) is 14.7. The van der Waals surface area contributed by atoms with Crippen LogP contribution in [0.4, 0.5) is 0 Å². The van der Waals surface area contributed by atoms with Crippen LogP contribution < -0.4 is 0 Å². The van der Waals surface area contributed by atoms with Gasteiger partial charge >= 0.3 is 0 Å². The van der Waals surface area contributed by atoms with Crippen molar-refractivity contribution >= 4 is 11.3 Å². The molecule has 1 N–H and O–H groups in total. The fourth-order valence-corrected chi connectivity index (χ4v) is 4.40. The van der Waals surface area contributed by atoms with E-state index in [-0.39, 0.29) is 10.8 Å². The third kappa shape index (κ3) is 6.55. The van der Waals surface area contributed by atoms with E-state index in [1.54, 1.807) is 11.3 Å². The largest absolute Gasteiger partial charge is 0.507 e. The van der Waals surface area contributed by atoms with Gasteiger partial charge in [0.1, 0.15) is 10.8 Å². The van der Waals surface area contributed by atoms with Crippen molar-refractivity contribution in [1.82, 2.24) is 9.88 Å². The highest BCUT2D eigenvalue weighted by Crippen LogP contribution is 2.42. The molecule has 30 heavy (non-hydrogen) atoms. The van der Waals surface area contributed by atoms with Crippen molar-refractivity contribution in [2.24, 2.45) is 0 Å². The van der Waals surface area contributed by atoms with Gasteiger partial charge in [-0.05, 0) is 49.4 Å². The molecule has 0 unspecified atom stereocenters. The molecule has 0 atom stereocenters. The minimum atomic E-state index is -0.148. The van der Waals surface area contributed by atoms with E-state index >= 15 is 0 Å². The van der Waals surface area contributed by atoms with Gasteiger partial charge in [0, 0.05) is 28.5 Å². The van der Waals surface area contributed by atoms with E-state index in [4.69, 9.17) is 10.2 Å². The summed E-state index contributed by atoms with van der Waals surface area (Å²) >= 11 is 1.69. The Hall–Kier alpha value is -1.90. The van der Waals surface area contributed by atoms with E-state index in [2.05, 4.69) is 77.1 Å². The molecule has 0 fully saturated rings. The van der Waals surface area contributed by atoms with Crippen molar-refractivity contribution in [2.45, 2.75) is 84.6 Å². The Morgan fingerprint density at radius 3 is 2.17 bits per heavy atom. The topological polar surface area (TPSA) is 60.2 Å². The predicted molar refractivity (Wildman–Crippen MR) is 127 cm³/mol. The van der Waals surface area contributed by atoms with Crippen LogP contribution in [0.5, 0.6) is 5.75 Å². The van der Waals surface area contributed by atoms with Gasteiger partial charge in [0.05, 0.1) is 18.3 Å². The van der Waals surface area contributed by atoms with Crippen LogP contribution in [0.2, 0.25) is 0 Å². The maximum Gasteiger partial charge on any atom is 0.123 e. The van der Waals surface area contributed by atoms with Crippen LogP contribution in [-0.2, 0) is 17.4 Å². The van der Waals surface area contributed by atoms with Crippen molar-refractivity contribution in [2.75, 3.05) is 13.6 Å². The molecular weight excluding hydrogens is 390 g/mol. The van der Waals surface area contributed by atoms with E-state index in [1.807, 2.05) is 0 Å². The average Bonchev–Trinajstić information content (AvgIpc) is 3.08. The van der Waals surface area contributed by atoms with Gasteiger partial charge in [-0.2, -0.15) is 5.26 Å². The third-order valence-electron chi connectivity index (χ3n) is 5.31. The Labute approximate surface area is 186 Å². The second-order valence-electron chi connectivity index (χ2n) is 10.3. The fraction of sp³-hybridized carbons (Fsp3) is 0.600. The molecule has 164 valence electrons. The molecule has 0 aliphatic rings. The van der Waals surface area contributed by atoms with Crippen LogP contribution in [0.15, 0.2) is 17.5 Å². The fourth-order valence-electron chi connectivity index (χ4n) is 3.51. The molecule has 0 aliphatic heterocycles. The first-order valence-electron chi connectivity index (χ1n) is 10.8. The number of hydrogen-bond donors (Lipinski definition) is 1. The summed E-state index contributed by atoms with van der Waals surface area (Å²) in [5.74, 6) is 0.408. The summed E-state index contributed by atoms with van der Waals surface area (Å²) in [5, 5.41) is 22.8. The van der Waals surface area contributed by atoms with E-state index in [9.17, 15) is 5.11 Å². The normalized spacial score (nSPS) is 12.4. The van der Waals surface area contributed by atoms with Gasteiger partial charge in [-0.1, -0.05) is 48.0 Å². The molecule has 0 saturated carbocycles. The summed E-state index contributed by atoms with van der Waals surface area (Å²) in [4.78, 5) is 7.20. The first kappa shape index (κ1) is 24.4. The van der Waals surface area contributed by atoms with E-state index in [0.717, 1.165) is 59.7 Å². The van der Waals surface area contributed by atoms with Crippen molar-refractivity contribution in [3.8, 4) is 23.1 Å². The summed E-state index contributed by atoms with van der Waals surface area (Å²) in [6.07, 6.45) is 3.84. The van der Waals surface area contributed by atoms with E-state index in [0.29, 0.717) is 12.2 Å². The molecule has 0 amide bonds. The zero-order valence-corrected chi connectivity index (χ0v) is 20.5. The predicted octanol–water partition coefficient (Wildman–Crippen LogP) is 6.63. The highest BCUT2D eigenvalue weighted by molar-refractivity contribution is 7.09. The summed E-state index contributed by atoms with van der Waals surface area (Å²) in [5.41, 5.74) is 3.69. The quantitative estimate of drug-likeness (QED) is 0.481. The molecule has 0 saturated heterocycles. The van der Waals surface area contributed by atoms with Crippen LogP contribution in [0, 0.1) is 11.3 Å². The molecule has 0 bridgehead atoms. The van der Waals surface area contributed by atoms with Gasteiger partial charge < -0.3 is 5.11 Å². The lowest BCUT2D eigenvalue weighted by molar-refractivity contribution is 0.317. The van der Waals surface area contributed by atoms with E-state index in [1.165, 1.54) is 0 Å². The zero-order valence-electron chi connectivity index (χ0n) is 19.7. The Bertz CT molecular complexity index is 846. The number of rotatable bonds is 8. The van der Waals surface area contributed by atoms with Crippen LogP contribution in [0.3, 0.4) is 0 Å². The maximum atomic E-state index is 10.9. The molecule has 1 heterocycles. The molecule has 1 aromatic heterocycles. The Morgan fingerprint density at radius 2 is 1.63 bits per heavy atom. The Morgan fingerprint density at radius 1 is 1.03 bits per heavy atom. The van der Waals surface area contributed by atoms with Gasteiger partial charge in [-0.3, -0.25) is 4.90 Å². The number of hydrogen-bond acceptors (Lipinski definition) is 5. The highest BCUT2D eigenvalue weighted by atomic mass is 32.1. The van der Waals surface area contributed by atoms with Crippen molar-refractivity contribution < 1.29 is 5.11 Å². The smallest absolute Gasteiger partial charge is 0.123 e. The summed E-state index contributed by atoms with van der Waals surface area (Å²) in [6, 6.07) is 6.41. The number of nitrogens with zero attached hydrogens (tertiary/aromatic N) is 3. The van der Waals surface area contributed by atoms with Crippen molar-refractivity contribution in [1.29, 1.82) is 5.26 Å². The lowest BCUT2D eigenvalue weighted by atomic mass is 9.78. The number of phenols is 1. The van der Waals surface area contributed by atoms with Gasteiger partial charge in [0.2, 0.25) is 0 Å². The van der Waals surface area contributed by atoms with Crippen LogP contribution in [0.1, 0.15) is 83.4 Å². The minimum Gasteiger partial charge on any atom is -0.507 e. The molecular formula is C25H37N3OS. The zero-order chi connectivity index (χ0) is 22.5. The number of unbranched alkanes of at least 4 members (excludes halogenated alkanes) is 3. The van der Waals surface area contributed by atoms with E-state index < -0.39 is 0 Å². The Balaban J connectivity index is 2.21. The van der Waals surface area contributed by atoms with Crippen LogP contribution >= 0.6 is 11.3 Å². The first-order valence-corrected chi connectivity index (χ1v) is 11.7. The number of aromatic nitrogens is 1. The molecule has 2 rings (SSSR count). The number of nitriles is 1. The number of benzene rings is 1. The number of aromatic hydroxyl groups is 1. The van der Waals surface area contributed by atoms with Gasteiger partial charge in [-0.15, -0.1) is 11.3 Å². The maximum absolute atomic E-state index is 10.9. The molecule has 0 aliphatic carbocycles. The molecule has 0 radical (unpaired) electrons. The minimum absolute atomic E-state index is 0.148. The standard InChI is InChI=1S/C25H37N3OS/c1-24(2,3)19-14-18(15-20(23(19)29)25(4,5)6)21-17-30-22(27-21)16-28(7)13-11-9-8-10-12-26/h14-15,17,29H,8-11,13,16H2,1-7H3. The third-order valence-corrected chi connectivity index (χ3v) is 6.14. The monoisotopic (exact) mass is 427 g/mol. The molecule has 1 aromatic carbocycles. The van der Waals surface area contributed by atoms with Crippen LogP contribution in [0.25, 0.3) is 11.3 Å². The lowest BCUT2D eigenvalue weighted by Gasteiger charge is -2.28.